The van der Waals surface area contributed by atoms with Crippen molar-refractivity contribution in [3.8, 4) is 6.07 Å². The molecule has 142 valence electrons. The number of hydrogen-bond acceptors (Lipinski definition) is 3. The number of nitriles is 1. The normalized spacial score (nSPS) is 19.3. The maximum atomic E-state index is 12.9. The molecule has 2 aromatic carbocycles. The van der Waals surface area contributed by atoms with Crippen molar-refractivity contribution in [2.45, 2.75) is 31.0 Å². The van der Waals surface area contributed by atoms with Gasteiger partial charge in [-0.3, -0.25) is 4.90 Å². The van der Waals surface area contributed by atoms with Crippen LogP contribution in [0, 0.1) is 23.0 Å². The number of alkyl halides is 1. The molecule has 2 atom stereocenters. The van der Waals surface area contributed by atoms with Gasteiger partial charge in [0.25, 0.3) is 0 Å². The molecular weight excluding hydrogens is 353 g/mol. The highest BCUT2D eigenvalue weighted by atomic mass is 19.1. The number of carbonyl (C=O) groups is 1. The molecule has 1 aliphatic heterocycles. The Morgan fingerprint density at radius 1 is 1.11 bits per heavy atom. The molecule has 0 aliphatic carbocycles. The highest BCUT2D eigenvalue weighted by Crippen LogP contribution is 2.27. The molecule has 1 fully saturated rings. The Labute approximate surface area is 157 Å². The van der Waals surface area contributed by atoms with Crippen molar-refractivity contribution in [1.29, 1.82) is 5.26 Å². The largest absolute Gasteiger partial charge is 0.303 e. The van der Waals surface area contributed by atoms with E-state index in [1.54, 1.807) is 36.2 Å². The predicted octanol–water partition coefficient (Wildman–Crippen LogP) is 4.24. The lowest BCUT2D eigenvalue weighted by Gasteiger charge is -2.15. The smallest absolute Gasteiger partial charge is 0.123 e. The fraction of sp³-hybridized carbons (Fsp3) is 0.333. The van der Waals surface area contributed by atoms with Crippen molar-refractivity contribution in [2.24, 2.45) is 0 Å². The van der Waals surface area contributed by atoms with E-state index < -0.39 is 6.17 Å². The quantitative estimate of drug-likeness (QED) is 0.752. The molecule has 3 nitrogen and oxygen atoms in total. The predicted molar refractivity (Wildman–Crippen MR) is 96.9 cm³/mol. The van der Waals surface area contributed by atoms with E-state index in [9.17, 15) is 18.0 Å². The number of rotatable bonds is 4. The first kappa shape index (κ1) is 20.7. The number of benzene rings is 2. The van der Waals surface area contributed by atoms with Crippen molar-refractivity contribution < 1.29 is 18.0 Å². The Balaban J connectivity index is 0.000000244. The SMILES string of the molecule is CN1CC(F)CC1C#N.O=CCC(c1ccc(F)cc1)c1ccc(F)cc1. The molecule has 27 heavy (non-hydrogen) atoms. The third kappa shape index (κ3) is 5.93. The molecule has 2 aromatic rings. The Morgan fingerprint density at radius 2 is 1.59 bits per heavy atom. The number of aldehydes is 1. The minimum absolute atomic E-state index is 0.163. The van der Waals surface area contributed by atoms with Gasteiger partial charge < -0.3 is 4.79 Å². The van der Waals surface area contributed by atoms with E-state index in [1.807, 2.05) is 6.07 Å². The summed E-state index contributed by atoms with van der Waals surface area (Å²) in [7, 11) is 1.77. The number of hydrogen-bond donors (Lipinski definition) is 0. The Kier molecular flexibility index (Phi) is 7.56. The van der Waals surface area contributed by atoms with E-state index in [0.717, 1.165) is 17.4 Å². The Bertz CT molecular complexity index is 726. The summed E-state index contributed by atoms with van der Waals surface area (Å²) in [6.45, 7) is 0.415. The van der Waals surface area contributed by atoms with Gasteiger partial charge in [0, 0.05) is 25.3 Å². The summed E-state index contributed by atoms with van der Waals surface area (Å²) >= 11 is 0. The standard InChI is InChI=1S/C15H12F2O.C6H9FN2/c16-13-5-1-11(2-6-13)15(9-10-18)12-3-7-14(17)8-4-12;1-9-4-5(7)2-6(9)3-8/h1-8,10,15H,9H2;5-6H,2,4H2,1H3. The van der Waals surface area contributed by atoms with Gasteiger partial charge in [-0.25, -0.2) is 13.2 Å². The molecule has 0 N–H and O–H groups in total. The second kappa shape index (κ2) is 9.89. The first-order chi connectivity index (χ1) is 12.9. The summed E-state index contributed by atoms with van der Waals surface area (Å²) in [5, 5.41) is 8.40. The molecule has 0 amide bonds. The van der Waals surface area contributed by atoms with Gasteiger partial charge in [-0.1, -0.05) is 24.3 Å². The Hall–Kier alpha value is -2.65. The van der Waals surface area contributed by atoms with Crippen molar-refractivity contribution in [3.63, 3.8) is 0 Å². The fourth-order valence-corrected chi connectivity index (χ4v) is 3.04. The molecule has 0 saturated carbocycles. The van der Waals surface area contributed by atoms with Crippen LogP contribution in [0.3, 0.4) is 0 Å². The van der Waals surface area contributed by atoms with E-state index in [2.05, 4.69) is 0 Å². The molecule has 0 spiro atoms. The van der Waals surface area contributed by atoms with Crippen LogP contribution in [0.5, 0.6) is 0 Å². The van der Waals surface area contributed by atoms with Gasteiger partial charge in [0.15, 0.2) is 0 Å². The van der Waals surface area contributed by atoms with Crippen LogP contribution in [-0.4, -0.2) is 37.0 Å². The molecule has 2 unspecified atom stereocenters. The van der Waals surface area contributed by atoms with E-state index in [1.165, 1.54) is 24.3 Å². The second-order valence-electron chi connectivity index (χ2n) is 6.48. The zero-order valence-corrected chi connectivity index (χ0v) is 15.0. The molecule has 0 radical (unpaired) electrons. The van der Waals surface area contributed by atoms with Crippen molar-refractivity contribution in [1.82, 2.24) is 4.90 Å². The van der Waals surface area contributed by atoms with E-state index in [0.29, 0.717) is 13.0 Å². The zero-order chi connectivity index (χ0) is 19.8. The lowest BCUT2D eigenvalue weighted by atomic mass is 9.89. The zero-order valence-electron chi connectivity index (χ0n) is 15.0. The monoisotopic (exact) mass is 374 g/mol. The van der Waals surface area contributed by atoms with Gasteiger partial charge in [0.1, 0.15) is 30.1 Å². The molecule has 1 heterocycles. The molecular formula is C21H21F3N2O. The van der Waals surface area contributed by atoms with Crippen molar-refractivity contribution in [2.75, 3.05) is 13.6 Å². The summed E-state index contributed by atoms with van der Waals surface area (Å²) in [6, 6.07) is 13.8. The molecule has 0 aromatic heterocycles. The third-order valence-electron chi connectivity index (χ3n) is 4.52. The van der Waals surface area contributed by atoms with Crippen LogP contribution in [-0.2, 0) is 4.79 Å². The Morgan fingerprint density at radius 3 is 1.89 bits per heavy atom. The van der Waals surface area contributed by atoms with Crippen LogP contribution >= 0.6 is 0 Å². The van der Waals surface area contributed by atoms with E-state index in [-0.39, 0.29) is 30.0 Å². The van der Waals surface area contributed by atoms with Gasteiger partial charge >= 0.3 is 0 Å². The van der Waals surface area contributed by atoms with E-state index in [4.69, 9.17) is 5.26 Å². The maximum absolute atomic E-state index is 12.9. The molecule has 0 bridgehead atoms. The van der Waals surface area contributed by atoms with Gasteiger partial charge in [0.05, 0.1) is 6.07 Å². The number of likely N-dealkylation sites (tertiary alicyclic amines) is 1. The summed E-state index contributed by atoms with van der Waals surface area (Å²) in [6.07, 6.45) is 0.696. The van der Waals surface area contributed by atoms with Gasteiger partial charge in [-0.2, -0.15) is 5.26 Å². The summed E-state index contributed by atoms with van der Waals surface area (Å²) in [4.78, 5) is 12.5. The third-order valence-corrected chi connectivity index (χ3v) is 4.52. The van der Waals surface area contributed by atoms with Gasteiger partial charge in [0.2, 0.25) is 0 Å². The molecule has 6 heteroatoms. The molecule has 1 aliphatic rings. The maximum Gasteiger partial charge on any atom is 0.123 e. The van der Waals surface area contributed by atoms with Crippen molar-refractivity contribution in [3.05, 3.63) is 71.3 Å². The number of halogens is 3. The van der Waals surface area contributed by atoms with Gasteiger partial charge in [-0.15, -0.1) is 0 Å². The minimum atomic E-state index is -0.792. The average Bonchev–Trinajstić information content (AvgIpc) is 2.99. The van der Waals surface area contributed by atoms with Crippen molar-refractivity contribution >= 4 is 6.29 Å². The highest BCUT2D eigenvalue weighted by molar-refractivity contribution is 5.54. The van der Waals surface area contributed by atoms with Crippen LogP contribution in [0.25, 0.3) is 0 Å². The van der Waals surface area contributed by atoms with E-state index >= 15 is 0 Å². The molecule has 1 saturated heterocycles. The second-order valence-corrected chi connectivity index (χ2v) is 6.48. The minimum Gasteiger partial charge on any atom is -0.303 e. The first-order valence-corrected chi connectivity index (χ1v) is 8.63. The lowest BCUT2D eigenvalue weighted by Crippen LogP contribution is -2.23. The summed E-state index contributed by atoms with van der Waals surface area (Å²) in [5.41, 5.74) is 1.69. The average molecular weight is 374 g/mol. The topological polar surface area (TPSA) is 44.1 Å². The van der Waals surface area contributed by atoms with Crippen LogP contribution in [0.2, 0.25) is 0 Å². The van der Waals surface area contributed by atoms with Crippen LogP contribution in [0.4, 0.5) is 13.2 Å². The van der Waals surface area contributed by atoms with Gasteiger partial charge in [-0.05, 0) is 42.4 Å². The highest BCUT2D eigenvalue weighted by Gasteiger charge is 2.28. The lowest BCUT2D eigenvalue weighted by molar-refractivity contribution is -0.108. The first-order valence-electron chi connectivity index (χ1n) is 8.63. The number of carbonyl (C=O) groups excluding carboxylic acids is 1. The van der Waals surface area contributed by atoms with Crippen LogP contribution in [0.15, 0.2) is 48.5 Å². The summed E-state index contributed by atoms with van der Waals surface area (Å²) < 4.78 is 38.2. The van der Waals surface area contributed by atoms with Crippen LogP contribution < -0.4 is 0 Å². The summed E-state index contributed by atoms with van der Waals surface area (Å²) in [5.74, 6) is -0.797. The number of nitrogens with zero attached hydrogens (tertiary/aromatic N) is 2. The fourth-order valence-electron chi connectivity index (χ4n) is 3.04. The molecule has 3 rings (SSSR count). The van der Waals surface area contributed by atoms with Crippen LogP contribution in [0.1, 0.15) is 29.9 Å².